The molecule has 82 valence electrons. The van der Waals surface area contributed by atoms with Crippen molar-refractivity contribution in [2.45, 2.75) is 31.3 Å². The van der Waals surface area contributed by atoms with Crippen molar-refractivity contribution in [1.29, 1.82) is 0 Å². The number of aliphatic hydroxyl groups is 1. The third-order valence-electron chi connectivity index (χ3n) is 2.77. The van der Waals surface area contributed by atoms with Crippen LogP contribution in [0.1, 0.15) is 25.7 Å². The van der Waals surface area contributed by atoms with Crippen molar-refractivity contribution in [1.82, 2.24) is 9.97 Å². The molecule has 0 radical (unpaired) electrons. The SMILES string of the molecule is OC1(CNc2nccnc2Cl)CCCC1. The molecule has 1 heterocycles. The molecule has 0 atom stereocenters. The Morgan fingerprint density at radius 1 is 1.33 bits per heavy atom. The van der Waals surface area contributed by atoms with Crippen LogP contribution in [0.25, 0.3) is 0 Å². The number of anilines is 1. The van der Waals surface area contributed by atoms with E-state index in [-0.39, 0.29) is 0 Å². The number of hydrogen-bond donors (Lipinski definition) is 2. The van der Waals surface area contributed by atoms with Gasteiger partial charge in [0.2, 0.25) is 0 Å². The first kappa shape index (κ1) is 10.6. The number of rotatable bonds is 3. The predicted octanol–water partition coefficient (Wildman–Crippen LogP) is 1.85. The maximum Gasteiger partial charge on any atom is 0.171 e. The van der Waals surface area contributed by atoms with Gasteiger partial charge in [-0.05, 0) is 12.8 Å². The summed E-state index contributed by atoms with van der Waals surface area (Å²) < 4.78 is 0. The number of nitrogens with one attached hydrogen (secondary N) is 1. The van der Waals surface area contributed by atoms with E-state index in [9.17, 15) is 5.11 Å². The zero-order valence-corrected chi connectivity index (χ0v) is 9.17. The van der Waals surface area contributed by atoms with Crippen LogP contribution in [0, 0.1) is 0 Å². The van der Waals surface area contributed by atoms with Crippen LogP contribution >= 0.6 is 11.6 Å². The van der Waals surface area contributed by atoms with Gasteiger partial charge in [-0.3, -0.25) is 0 Å². The van der Waals surface area contributed by atoms with Gasteiger partial charge in [0.1, 0.15) is 0 Å². The molecule has 2 rings (SSSR count). The van der Waals surface area contributed by atoms with Crippen molar-refractivity contribution in [3.8, 4) is 0 Å². The van der Waals surface area contributed by atoms with Crippen LogP contribution in [-0.4, -0.2) is 27.2 Å². The van der Waals surface area contributed by atoms with Crippen LogP contribution in [0.15, 0.2) is 12.4 Å². The quantitative estimate of drug-likeness (QED) is 0.828. The highest BCUT2D eigenvalue weighted by molar-refractivity contribution is 6.31. The molecule has 0 aromatic carbocycles. The van der Waals surface area contributed by atoms with Gasteiger partial charge in [-0.25, -0.2) is 9.97 Å². The third-order valence-corrected chi connectivity index (χ3v) is 3.05. The molecular formula is C10H14ClN3O. The predicted molar refractivity (Wildman–Crippen MR) is 58.9 cm³/mol. The van der Waals surface area contributed by atoms with E-state index in [0.717, 1.165) is 25.7 Å². The maximum atomic E-state index is 10.1. The highest BCUT2D eigenvalue weighted by Crippen LogP contribution is 2.29. The van der Waals surface area contributed by atoms with Crippen LogP contribution in [0.2, 0.25) is 5.15 Å². The molecule has 0 amide bonds. The number of aromatic nitrogens is 2. The smallest absolute Gasteiger partial charge is 0.171 e. The molecule has 1 aliphatic rings. The van der Waals surface area contributed by atoms with Gasteiger partial charge in [-0.1, -0.05) is 24.4 Å². The second kappa shape index (κ2) is 4.33. The lowest BCUT2D eigenvalue weighted by Gasteiger charge is -2.22. The molecule has 1 saturated carbocycles. The number of hydrogen-bond acceptors (Lipinski definition) is 4. The minimum atomic E-state index is -0.596. The fourth-order valence-corrected chi connectivity index (χ4v) is 2.07. The van der Waals surface area contributed by atoms with Crippen molar-refractivity contribution >= 4 is 17.4 Å². The second-order valence-corrected chi connectivity index (χ2v) is 4.34. The Balaban J connectivity index is 1.95. The van der Waals surface area contributed by atoms with Crippen molar-refractivity contribution < 1.29 is 5.11 Å². The molecular weight excluding hydrogens is 214 g/mol. The normalized spacial score (nSPS) is 19.1. The summed E-state index contributed by atoms with van der Waals surface area (Å²) in [7, 11) is 0. The highest BCUT2D eigenvalue weighted by Gasteiger charge is 2.30. The van der Waals surface area contributed by atoms with Crippen LogP contribution in [0.4, 0.5) is 5.82 Å². The van der Waals surface area contributed by atoms with E-state index < -0.39 is 5.60 Å². The van der Waals surface area contributed by atoms with Crippen molar-refractivity contribution in [2.24, 2.45) is 0 Å². The molecule has 0 unspecified atom stereocenters. The third kappa shape index (κ3) is 2.58. The standard InChI is InChI=1S/C10H14ClN3O/c11-8-9(13-6-5-12-8)14-7-10(15)3-1-2-4-10/h5-6,15H,1-4,7H2,(H,13,14). The first-order chi connectivity index (χ1) is 7.20. The van der Waals surface area contributed by atoms with E-state index in [0.29, 0.717) is 17.5 Å². The van der Waals surface area contributed by atoms with Gasteiger partial charge < -0.3 is 10.4 Å². The van der Waals surface area contributed by atoms with Gasteiger partial charge >= 0.3 is 0 Å². The van der Waals surface area contributed by atoms with Gasteiger partial charge in [0.05, 0.1) is 5.60 Å². The van der Waals surface area contributed by atoms with Gasteiger partial charge in [0, 0.05) is 18.9 Å². The minimum absolute atomic E-state index is 0.346. The van der Waals surface area contributed by atoms with Crippen LogP contribution < -0.4 is 5.32 Å². The topological polar surface area (TPSA) is 58.0 Å². The molecule has 1 aromatic heterocycles. The van der Waals surface area contributed by atoms with Crippen molar-refractivity contribution in [3.05, 3.63) is 17.5 Å². The summed E-state index contributed by atoms with van der Waals surface area (Å²) in [5.41, 5.74) is -0.596. The lowest BCUT2D eigenvalue weighted by atomic mass is 10.0. The van der Waals surface area contributed by atoms with E-state index in [1.807, 2.05) is 0 Å². The first-order valence-electron chi connectivity index (χ1n) is 5.12. The van der Waals surface area contributed by atoms with E-state index in [1.54, 1.807) is 6.20 Å². The zero-order chi connectivity index (χ0) is 10.7. The van der Waals surface area contributed by atoms with Crippen LogP contribution in [-0.2, 0) is 0 Å². The fourth-order valence-electron chi connectivity index (χ4n) is 1.90. The Labute approximate surface area is 93.7 Å². The maximum absolute atomic E-state index is 10.1. The molecule has 2 N–H and O–H groups in total. The summed E-state index contributed by atoms with van der Waals surface area (Å²) in [4.78, 5) is 7.96. The molecule has 1 aliphatic carbocycles. The molecule has 0 bridgehead atoms. The zero-order valence-electron chi connectivity index (χ0n) is 8.41. The van der Waals surface area contributed by atoms with Gasteiger partial charge in [-0.2, -0.15) is 0 Å². The van der Waals surface area contributed by atoms with Crippen molar-refractivity contribution in [2.75, 3.05) is 11.9 Å². The Morgan fingerprint density at radius 3 is 2.67 bits per heavy atom. The summed E-state index contributed by atoms with van der Waals surface area (Å²) in [6.45, 7) is 0.491. The number of halogens is 1. The Bertz CT molecular complexity index is 339. The second-order valence-electron chi connectivity index (χ2n) is 3.98. The monoisotopic (exact) mass is 227 g/mol. The van der Waals surface area contributed by atoms with Gasteiger partial charge in [0.25, 0.3) is 0 Å². The molecule has 1 aromatic rings. The molecule has 5 heteroatoms. The largest absolute Gasteiger partial charge is 0.388 e. The minimum Gasteiger partial charge on any atom is -0.388 e. The number of nitrogens with zero attached hydrogens (tertiary/aromatic N) is 2. The lowest BCUT2D eigenvalue weighted by Crippen LogP contribution is -2.33. The van der Waals surface area contributed by atoms with E-state index in [1.165, 1.54) is 6.20 Å². The van der Waals surface area contributed by atoms with Crippen LogP contribution in [0.3, 0.4) is 0 Å². The molecule has 15 heavy (non-hydrogen) atoms. The molecule has 1 fully saturated rings. The summed E-state index contributed by atoms with van der Waals surface area (Å²) in [5.74, 6) is 0.541. The average molecular weight is 228 g/mol. The Hall–Kier alpha value is -0.870. The average Bonchev–Trinajstić information content (AvgIpc) is 2.65. The first-order valence-corrected chi connectivity index (χ1v) is 5.50. The molecule has 0 aliphatic heterocycles. The summed E-state index contributed by atoms with van der Waals surface area (Å²) in [5, 5.41) is 13.5. The lowest BCUT2D eigenvalue weighted by molar-refractivity contribution is 0.0614. The molecule has 4 nitrogen and oxygen atoms in total. The summed E-state index contributed by atoms with van der Waals surface area (Å²) in [6, 6.07) is 0. The van der Waals surface area contributed by atoms with Gasteiger partial charge in [0.15, 0.2) is 11.0 Å². The summed E-state index contributed by atoms with van der Waals surface area (Å²) >= 11 is 5.84. The Morgan fingerprint density at radius 2 is 2.00 bits per heavy atom. The Kier molecular flexibility index (Phi) is 3.07. The highest BCUT2D eigenvalue weighted by atomic mass is 35.5. The van der Waals surface area contributed by atoms with Gasteiger partial charge in [-0.15, -0.1) is 0 Å². The van der Waals surface area contributed by atoms with E-state index in [2.05, 4.69) is 15.3 Å². The molecule has 0 spiro atoms. The van der Waals surface area contributed by atoms with Crippen LogP contribution in [0.5, 0.6) is 0 Å². The fraction of sp³-hybridized carbons (Fsp3) is 0.600. The molecule has 0 saturated heterocycles. The summed E-state index contributed by atoms with van der Waals surface area (Å²) in [6.07, 6.45) is 6.99. The van der Waals surface area contributed by atoms with E-state index >= 15 is 0 Å². The van der Waals surface area contributed by atoms with E-state index in [4.69, 9.17) is 11.6 Å². The van der Waals surface area contributed by atoms with Crippen molar-refractivity contribution in [3.63, 3.8) is 0 Å².